The number of para-hydroxylation sites is 1. The van der Waals surface area contributed by atoms with Crippen LogP contribution < -0.4 is 10.6 Å². The second-order valence-electron chi connectivity index (χ2n) is 7.09. The number of hydrogen-bond acceptors (Lipinski definition) is 5. The molecule has 2 N–H and O–H groups in total. The Morgan fingerprint density at radius 2 is 1.90 bits per heavy atom. The highest BCUT2D eigenvalue weighted by Crippen LogP contribution is 2.26. The van der Waals surface area contributed by atoms with Crippen LogP contribution in [0.5, 0.6) is 0 Å². The van der Waals surface area contributed by atoms with Crippen molar-refractivity contribution in [2.24, 2.45) is 0 Å². The van der Waals surface area contributed by atoms with Crippen LogP contribution in [0.1, 0.15) is 31.2 Å². The average Bonchev–Trinajstić information content (AvgIpc) is 3.38. The number of aromatic nitrogens is 1. The van der Waals surface area contributed by atoms with Gasteiger partial charge < -0.3 is 9.73 Å². The number of hydrogen-bond donors (Lipinski definition) is 2. The zero-order valence-corrected chi connectivity index (χ0v) is 17.9. The van der Waals surface area contributed by atoms with Crippen molar-refractivity contribution in [2.75, 3.05) is 5.32 Å². The maximum absolute atomic E-state index is 12.2. The van der Waals surface area contributed by atoms with E-state index in [-0.39, 0.29) is 17.9 Å². The number of benzene rings is 2. The molecule has 2 amide bonds. The van der Waals surface area contributed by atoms with Crippen LogP contribution >= 0.6 is 11.3 Å². The van der Waals surface area contributed by atoms with Crippen LogP contribution in [0, 0.1) is 0 Å². The number of nitrogens with one attached hydrogen (secondary N) is 2. The van der Waals surface area contributed by atoms with Gasteiger partial charge in [-0.1, -0.05) is 42.5 Å². The molecular weight excluding hydrogens is 410 g/mol. The van der Waals surface area contributed by atoms with Crippen molar-refractivity contribution in [1.82, 2.24) is 10.3 Å². The molecular formula is C24H21N3O3S. The van der Waals surface area contributed by atoms with Crippen molar-refractivity contribution in [3.05, 3.63) is 77.4 Å². The third-order valence-corrected chi connectivity index (χ3v) is 5.46. The lowest BCUT2D eigenvalue weighted by Crippen LogP contribution is -2.23. The maximum atomic E-state index is 12.2. The molecule has 0 aliphatic rings. The fourth-order valence-electron chi connectivity index (χ4n) is 3.18. The van der Waals surface area contributed by atoms with Gasteiger partial charge in [0.15, 0.2) is 5.13 Å². The van der Waals surface area contributed by atoms with E-state index in [9.17, 15) is 9.59 Å². The number of fused-ring (bicyclic) bond motifs is 1. The first-order valence-electron chi connectivity index (χ1n) is 9.78. The van der Waals surface area contributed by atoms with Crippen molar-refractivity contribution in [2.45, 2.75) is 19.9 Å². The van der Waals surface area contributed by atoms with Gasteiger partial charge in [-0.25, -0.2) is 4.98 Å². The van der Waals surface area contributed by atoms with Gasteiger partial charge >= 0.3 is 0 Å². The molecule has 1 atom stereocenters. The van der Waals surface area contributed by atoms with E-state index in [0.717, 1.165) is 27.8 Å². The normalized spacial score (nSPS) is 12.2. The fourth-order valence-corrected chi connectivity index (χ4v) is 3.91. The predicted molar refractivity (Wildman–Crippen MR) is 124 cm³/mol. The minimum absolute atomic E-state index is 0.0598. The Labute approximate surface area is 183 Å². The number of thiazole rings is 1. The summed E-state index contributed by atoms with van der Waals surface area (Å²) >= 11 is 1.36. The Morgan fingerprint density at radius 3 is 2.65 bits per heavy atom. The summed E-state index contributed by atoms with van der Waals surface area (Å²) in [5.74, 6) is 0.274. The van der Waals surface area contributed by atoms with Crippen molar-refractivity contribution in [3.8, 4) is 11.3 Å². The van der Waals surface area contributed by atoms with Gasteiger partial charge in [-0.2, -0.15) is 0 Å². The topological polar surface area (TPSA) is 84.2 Å². The molecule has 0 saturated heterocycles. The number of carbonyl (C=O) groups is 2. The van der Waals surface area contributed by atoms with Crippen LogP contribution in [-0.2, 0) is 9.59 Å². The highest BCUT2D eigenvalue weighted by atomic mass is 32.1. The molecule has 2 aromatic carbocycles. The highest BCUT2D eigenvalue weighted by Gasteiger charge is 2.10. The lowest BCUT2D eigenvalue weighted by molar-refractivity contribution is -0.119. The van der Waals surface area contributed by atoms with Gasteiger partial charge in [0.05, 0.1) is 11.7 Å². The lowest BCUT2D eigenvalue weighted by Gasteiger charge is -2.12. The minimum atomic E-state index is -0.277. The molecule has 0 saturated carbocycles. The molecule has 0 fully saturated rings. The molecule has 0 spiro atoms. The van der Waals surface area contributed by atoms with E-state index in [1.54, 1.807) is 6.08 Å². The monoisotopic (exact) mass is 431 g/mol. The number of furan rings is 1. The Balaban J connectivity index is 1.39. The van der Waals surface area contributed by atoms with E-state index in [1.165, 1.54) is 24.3 Å². The molecule has 156 valence electrons. The maximum Gasteiger partial charge on any atom is 0.250 e. The van der Waals surface area contributed by atoms with Crippen molar-refractivity contribution in [3.63, 3.8) is 0 Å². The van der Waals surface area contributed by atoms with E-state index >= 15 is 0 Å². The zero-order chi connectivity index (χ0) is 21.8. The molecule has 1 unspecified atom stereocenters. The Morgan fingerprint density at radius 1 is 1.13 bits per heavy atom. The number of anilines is 1. The molecule has 0 radical (unpaired) electrons. The largest absolute Gasteiger partial charge is 0.457 e. The van der Waals surface area contributed by atoms with Gasteiger partial charge in [0.2, 0.25) is 11.8 Å². The molecule has 0 aliphatic carbocycles. The third-order valence-electron chi connectivity index (χ3n) is 4.70. The highest BCUT2D eigenvalue weighted by molar-refractivity contribution is 7.14. The second kappa shape index (κ2) is 8.97. The molecule has 0 aliphatic heterocycles. The average molecular weight is 432 g/mol. The first-order chi connectivity index (χ1) is 15.0. The van der Waals surface area contributed by atoms with Gasteiger partial charge in [-0.3, -0.25) is 14.9 Å². The second-order valence-corrected chi connectivity index (χ2v) is 7.95. The number of carbonyl (C=O) groups excluding carboxylic acids is 2. The smallest absolute Gasteiger partial charge is 0.250 e. The first kappa shape index (κ1) is 20.6. The summed E-state index contributed by atoms with van der Waals surface area (Å²) in [6, 6.07) is 17.3. The molecule has 7 heteroatoms. The third kappa shape index (κ3) is 5.07. The summed E-state index contributed by atoms with van der Waals surface area (Å²) in [6.07, 6.45) is 3.07. The summed E-state index contributed by atoms with van der Waals surface area (Å²) in [7, 11) is 0. The molecule has 6 nitrogen and oxygen atoms in total. The number of rotatable bonds is 6. The van der Waals surface area contributed by atoms with Crippen molar-refractivity contribution < 1.29 is 14.0 Å². The quantitative estimate of drug-likeness (QED) is 0.400. The van der Waals surface area contributed by atoms with Crippen molar-refractivity contribution in [1.29, 1.82) is 0 Å². The SMILES string of the molecule is CC(=O)NC(C)c1ccc(-c2csc(NC(=O)/C=C/c3cc4ccccc4o3)n2)cc1. The van der Waals surface area contributed by atoms with Crippen LogP contribution in [-0.4, -0.2) is 16.8 Å². The molecule has 0 bridgehead atoms. The molecule has 31 heavy (non-hydrogen) atoms. The minimum Gasteiger partial charge on any atom is -0.457 e. The van der Waals surface area contributed by atoms with E-state index < -0.39 is 0 Å². The van der Waals surface area contributed by atoms with Crippen LogP contribution in [0.4, 0.5) is 5.13 Å². The number of nitrogens with zero attached hydrogens (tertiary/aromatic N) is 1. The molecule has 2 aromatic heterocycles. The Bertz CT molecular complexity index is 1220. The van der Waals surface area contributed by atoms with E-state index in [0.29, 0.717) is 10.9 Å². The van der Waals surface area contributed by atoms with Gasteiger partial charge in [-0.05, 0) is 30.7 Å². The van der Waals surface area contributed by atoms with E-state index in [2.05, 4.69) is 15.6 Å². The Kier molecular flexibility index (Phi) is 5.95. The molecule has 4 aromatic rings. The van der Waals surface area contributed by atoms with Crippen LogP contribution in [0.15, 0.2) is 70.5 Å². The van der Waals surface area contributed by atoms with Gasteiger partial charge in [0.1, 0.15) is 11.3 Å². The van der Waals surface area contributed by atoms with Crippen molar-refractivity contribution >= 4 is 45.3 Å². The van der Waals surface area contributed by atoms with Crippen LogP contribution in [0.3, 0.4) is 0 Å². The predicted octanol–water partition coefficient (Wildman–Crippen LogP) is 5.41. The molecule has 4 rings (SSSR count). The van der Waals surface area contributed by atoms with E-state index in [4.69, 9.17) is 4.42 Å². The summed E-state index contributed by atoms with van der Waals surface area (Å²) in [4.78, 5) is 28.0. The lowest BCUT2D eigenvalue weighted by atomic mass is 10.1. The van der Waals surface area contributed by atoms with Gasteiger partial charge in [0, 0.05) is 29.3 Å². The summed E-state index contributed by atoms with van der Waals surface area (Å²) < 4.78 is 5.68. The zero-order valence-electron chi connectivity index (χ0n) is 17.1. The van der Waals surface area contributed by atoms with E-state index in [1.807, 2.05) is 66.9 Å². The Hall–Kier alpha value is -3.71. The summed E-state index contributed by atoms with van der Waals surface area (Å²) in [5, 5.41) is 9.04. The number of amides is 2. The fraction of sp³-hybridized carbons (Fsp3) is 0.125. The van der Waals surface area contributed by atoms with Gasteiger partial charge in [0.25, 0.3) is 0 Å². The summed E-state index contributed by atoms with van der Waals surface area (Å²) in [5.41, 5.74) is 3.51. The van der Waals surface area contributed by atoms with Gasteiger partial charge in [-0.15, -0.1) is 11.3 Å². The first-order valence-corrected chi connectivity index (χ1v) is 10.7. The van der Waals surface area contributed by atoms with Crippen LogP contribution in [0.25, 0.3) is 28.3 Å². The van der Waals surface area contributed by atoms with Crippen LogP contribution in [0.2, 0.25) is 0 Å². The molecule has 2 heterocycles. The standard InChI is InChI=1S/C24H21N3O3S/c1-15(25-16(2)28)17-7-9-18(10-8-17)21-14-31-24(26-21)27-23(29)12-11-20-13-19-5-3-4-6-22(19)30-20/h3-15H,1-2H3,(H,25,28)(H,26,27,29)/b12-11+. The summed E-state index contributed by atoms with van der Waals surface area (Å²) in [6.45, 7) is 3.44.